The third-order valence-corrected chi connectivity index (χ3v) is 2.34. The Kier molecular flexibility index (Phi) is 4.58. The van der Waals surface area contributed by atoms with Gasteiger partial charge in [-0.2, -0.15) is 0 Å². The number of carbonyl (C=O) groups excluding carboxylic acids is 1. The molecule has 0 aliphatic rings. The maximum atomic E-state index is 13.9. The fourth-order valence-electron chi connectivity index (χ4n) is 1.02. The van der Waals surface area contributed by atoms with Crippen molar-refractivity contribution < 1.29 is 28.0 Å². The second kappa shape index (κ2) is 4.81. The van der Waals surface area contributed by atoms with Crippen LogP contribution in [-0.4, -0.2) is 34.4 Å². The van der Waals surface area contributed by atoms with Crippen molar-refractivity contribution in [2.45, 2.75) is 46.0 Å². The first-order chi connectivity index (χ1) is 7.38. The zero-order valence-corrected chi connectivity index (χ0v) is 10.6. The van der Waals surface area contributed by atoms with E-state index < -0.39 is 34.7 Å². The van der Waals surface area contributed by atoms with Gasteiger partial charge >= 0.3 is 5.97 Å². The first-order valence-corrected chi connectivity index (χ1v) is 5.03. The zero-order chi connectivity index (χ0) is 14.1. The summed E-state index contributed by atoms with van der Waals surface area (Å²) in [6.45, 7) is 4.96. The summed E-state index contributed by atoms with van der Waals surface area (Å²) < 4.78 is 43.6. The number of carbonyl (C=O) groups is 1. The third-order valence-electron chi connectivity index (χ3n) is 2.34. The summed E-state index contributed by atoms with van der Waals surface area (Å²) in [5.41, 5.74) is -3.14. The van der Waals surface area contributed by atoms with Gasteiger partial charge in [-0.15, -0.1) is 0 Å². The van der Waals surface area contributed by atoms with E-state index in [-0.39, 0.29) is 0 Å². The molecule has 0 aromatic rings. The Hall–Kier alpha value is -0.820. The number of alkyl halides is 1. The number of esters is 1. The van der Waals surface area contributed by atoms with E-state index in [0.717, 1.165) is 13.8 Å². The molecule has 1 atom stereocenters. The third kappa shape index (κ3) is 3.32. The van der Waals surface area contributed by atoms with E-state index in [1.165, 1.54) is 20.8 Å². The summed E-state index contributed by atoms with van der Waals surface area (Å²) >= 11 is 0. The van der Waals surface area contributed by atoms with E-state index in [1.54, 1.807) is 0 Å². The van der Waals surface area contributed by atoms with Crippen LogP contribution in [0.4, 0.5) is 13.4 Å². The van der Waals surface area contributed by atoms with Gasteiger partial charge in [-0.1, -0.05) is 8.96 Å². The SMILES string of the molecule is CC(C)(C)OC(=O)C(C)(C)[C@@](F)(CO)N(F)F. The molecule has 17 heavy (non-hydrogen) atoms. The second-order valence-electron chi connectivity index (χ2n) is 5.28. The van der Waals surface area contributed by atoms with Crippen molar-refractivity contribution in [3.63, 3.8) is 0 Å². The van der Waals surface area contributed by atoms with E-state index in [2.05, 4.69) is 0 Å². The molecule has 0 heterocycles. The molecule has 7 heteroatoms. The maximum Gasteiger partial charge on any atom is 0.317 e. The lowest BCUT2D eigenvalue weighted by atomic mass is 9.82. The average molecular weight is 257 g/mol. The summed E-state index contributed by atoms with van der Waals surface area (Å²) in [7, 11) is 0. The van der Waals surface area contributed by atoms with Gasteiger partial charge in [0.15, 0.2) is 0 Å². The number of aliphatic hydroxyl groups excluding tert-OH is 1. The van der Waals surface area contributed by atoms with Gasteiger partial charge in [0.25, 0.3) is 5.79 Å². The Labute approximate surface area is 98.2 Å². The Morgan fingerprint density at radius 3 is 1.88 bits per heavy atom. The van der Waals surface area contributed by atoms with Crippen molar-refractivity contribution in [1.29, 1.82) is 0 Å². The molecule has 0 aliphatic heterocycles. The molecule has 0 fully saturated rings. The monoisotopic (exact) mass is 257 g/mol. The standard InChI is InChI=1S/C10H18F3NO3/c1-8(2,3)17-7(16)9(4,5)10(11,6-15)14(12)13/h15H,6H2,1-5H3/t10-/m1/s1. The first kappa shape index (κ1) is 16.2. The summed E-state index contributed by atoms with van der Waals surface area (Å²) in [5, 5.41) is 6.93. The highest BCUT2D eigenvalue weighted by Gasteiger charge is 2.58. The van der Waals surface area contributed by atoms with E-state index in [9.17, 15) is 18.1 Å². The molecule has 0 unspecified atom stereocenters. The van der Waals surface area contributed by atoms with Gasteiger partial charge in [-0.3, -0.25) is 4.79 Å². The number of hydrogen-bond acceptors (Lipinski definition) is 4. The summed E-state index contributed by atoms with van der Waals surface area (Å²) in [6.07, 6.45) is 0. The molecule has 4 nitrogen and oxygen atoms in total. The highest BCUT2D eigenvalue weighted by atomic mass is 19.4. The van der Waals surface area contributed by atoms with Gasteiger partial charge in [0.05, 0.1) is 12.0 Å². The van der Waals surface area contributed by atoms with Crippen molar-refractivity contribution in [2.75, 3.05) is 6.61 Å². The lowest BCUT2D eigenvalue weighted by molar-refractivity contribution is -0.323. The number of nitrogens with zero attached hydrogens (tertiary/aromatic N) is 1. The van der Waals surface area contributed by atoms with Crippen LogP contribution in [0.3, 0.4) is 0 Å². The van der Waals surface area contributed by atoms with E-state index in [1.807, 2.05) is 0 Å². The van der Waals surface area contributed by atoms with Crippen molar-refractivity contribution in [1.82, 2.24) is 5.34 Å². The number of ether oxygens (including phenoxy) is 1. The highest BCUT2D eigenvalue weighted by Crippen LogP contribution is 2.40. The van der Waals surface area contributed by atoms with Gasteiger partial charge in [0, 0.05) is 0 Å². The molecule has 0 saturated heterocycles. The van der Waals surface area contributed by atoms with E-state index in [4.69, 9.17) is 9.84 Å². The van der Waals surface area contributed by atoms with Crippen molar-refractivity contribution in [3.8, 4) is 0 Å². The summed E-state index contributed by atoms with van der Waals surface area (Å²) in [6, 6.07) is 0. The molecule has 0 saturated carbocycles. The highest BCUT2D eigenvalue weighted by molar-refractivity contribution is 5.77. The van der Waals surface area contributed by atoms with Crippen LogP contribution in [0.1, 0.15) is 34.6 Å². The van der Waals surface area contributed by atoms with Gasteiger partial charge in [-0.25, -0.2) is 4.39 Å². The van der Waals surface area contributed by atoms with Gasteiger partial charge < -0.3 is 9.84 Å². The molecule has 0 rings (SSSR count). The van der Waals surface area contributed by atoms with Crippen LogP contribution >= 0.6 is 0 Å². The molecule has 1 N–H and O–H groups in total. The fourth-order valence-corrected chi connectivity index (χ4v) is 1.02. The zero-order valence-electron chi connectivity index (χ0n) is 10.6. The minimum atomic E-state index is -3.49. The van der Waals surface area contributed by atoms with Gasteiger partial charge in [0.1, 0.15) is 11.0 Å². The number of hydrogen-bond donors (Lipinski definition) is 1. The Balaban J connectivity index is 5.18. The predicted octanol–water partition coefficient (Wildman–Crippen LogP) is 2.08. The van der Waals surface area contributed by atoms with Crippen LogP contribution < -0.4 is 0 Å². The molecule has 0 aromatic carbocycles. The van der Waals surface area contributed by atoms with Crippen LogP contribution in [0.2, 0.25) is 0 Å². The largest absolute Gasteiger partial charge is 0.459 e. The molecule has 0 aromatic heterocycles. The quantitative estimate of drug-likeness (QED) is 0.476. The molecule has 0 aliphatic carbocycles. The molecule has 0 spiro atoms. The summed E-state index contributed by atoms with van der Waals surface area (Å²) in [5.74, 6) is -4.64. The topological polar surface area (TPSA) is 49.8 Å². The molecular formula is C10H18F3NO3. The van der Waals surface area contributed by atoms with Gasteiger partial charge in [-0.05, 0) is 34.6 Å². The van der Waals surface area contributed by atoms with Crippen LogP contribution in [-0.2, 0) is 9.53 Å². The van der Waals surface area contributed by atoms with Crippen LogP contribution in [0.25, 0.3) is 0 Å². The van der Waals surface area contributed by atoms with Crippen molar-refractivity contribution in [3.05, 3.63) is 0 Å². The number of halogens is 3. The Bertz CT molecular complexity index is 289. The van der Waals surface area contributed by atoms with Crippen molar-refractivity contribution >= 4 is 5.97 Å². The van der Waals surface area contributed by atoms with Crippen LogP contribution in [0.5, 0.6) is 0 Å². The number of aliphatic hydroxyl groups is 1. The molecular weight excluding hydrogens is 239 g/mol. The fraction of sp³-hybridized carbons (Fsp3) is 0.900. The second-order valence-corrected chi connectivity index (χ2v) is 5.28. The normalized spacial score (nSPS) is 16.8. The molecule has 0 amide bonds. The minimum Gasteiger partial charge on any atom is -0.459 e. The van der Waals surface area contributed by atoms with Crippen LogP contribution in [0, 0.1) is 5.41 Å². The van der Waals surface area contributed by atoms with E-state index in [0.29, 0.717) is 0 Å². The van der Waals surface area contributed by atoms with Gasteiger partial charge in [0.2, 0.25) is 0 Å². The average Bonchev–Trinajstić information content (AvgIpc) is 2.12. The lowest BCUT2D eigenvalue weighted by Crippen LogP contribution is -2.56. The van der Waals surface area contributed by atoms with E-state index >= 15 is 0 Å². The Morgan fingerprint density at radius 2 is 1.65 bits per heavy atom. The molecule has 102 valence electrons. The predicted molar refractivity (Wildman–Crippen MR) is 54.6 cm³/mol. The smallest absolute Gasteiger partial charge is 0.317 e. The first-order valence-electron chi connectivity index (χ1n) is 5.03. The maximum absolute atomic E-state index is 13.9. The van der Waals surface area contributed by atoms with Crippen molar-refractivity contribution in [2.24, 2.45) is 5.41 Å². The molecule has 0 radical (unpaired) electrons. The van der Waals surface area contributed by atoms with Crippen LogP contribution in [0.15, 0.2) is 0 Å². The lowest BCUT2D eigenvalue weighted by Gasteiger charge is -2.37. The minimum absolute atomic E-state index is 0.928. The molecule has 0 bridgehead atoms. The summed E-state index contributed by atoms with van der Waals surface area (Å²) in [4.78, 5) is 11.7. The Morgan fingerprint density at radius 1 is 1.24 bits per heavy atom. The number of rotatable bonds is 4.